The van der Waals surface area contributed by atoms with E-state index >= 15 is 0 Å². The summed E-state index contributed by atoms with van der Waals surface area (Å²) in [5.41, 5.74) is 4.60. The first kappa shape index (κ1) is 20.8. The lowest BCUT2D eigenvalue weighted by Gasteiger charge is -2.26. The molecule has 0 radical (unpaired) electrons. The fourth-order valence-electron chi connectivity index (χ4n) is 2.72. The first-order valence-electron chi connectivity index (χ1n) is 8.89. The molecule has 0 saturated carbocycles. The summed E-state index contributed by atoms with van der Waals surface area (Å²) in [5, 5.41) is 5.82. The van der Waals surface area contributed by atoms with Gasteiger partial charge in [-0.2, -0.15) is 5.10 Å². The molecule has 8 heteroatoms. The zero-order chi connectivity index (χ0) is 20.9. The molecule has 150 valence electrons. The van der Waals surface area contributed by atoms with Crippen molar-refractivity contribution in [3.63, 3.8) is 0 Å². The van der Waals surface area contributed by atoms with Gasteiger partial charge >= 0.3 is 0 Å². The molecule has 0 aliphatic carbocycles. The van der Waals surface area contributed by atoms with Gasteiger partial charge in [0.1, 0.15) is 6.54 Å². The molecule has 0 fully saturated rings. The number of carbonyl (C=O) groups excluding carboxylic acids is 1. The summed E-state index contributed by atoms with van der Waals surface area (Å²) in [6.07, 6.45) is 1.52. The van der Waals surface area contributed by atoms with Crippen LogP contribution in [0.1, 0.15) is 16.0 Å². The third-order valence-electron chi connectivity index (χ3n) is 4.39. The van der Waals surface area contributed by atoms with E-state index in [4.69, 9.17) is 0 Å². The van der Waals surface area contributed by atoms with Crippen molar-refractivity contribution < 1.29 is 13.2 Å². The van der Waals surface area contributed by atoms with Crippen LogP contribution in [0.3, 0.4) is 0 Å². The average Bonchev–Trinajstić information content (AvgIpc) is 3.23. The minimum absolute atomic E-state index is 0.121. The first-order chi connectivity index (χ1) is 13.9. The lowest BCUT2D eigenvalue weighted by molar-refractivity contribution is -0.119. The molecule has 1 aromatic heterocycles. The summed E-state index contributed by atoms with van der Waals surface area (Å²) in [7, 11) is -3.93. The zero-order valence-corrected chi connectivity index (χ0v) is 17.7. The van der Waals surface area contributed by atoms with Gasteiger partial charge in [-0.05, 0) is 54.6 Å². The van der Waals surface area contributed by atoms with E-state index in [9.17, 15) is 13.2 Å². The van der Waals surface area contributed by atoms with E-state index < -0.39 is 15.9 Å². The molecule has 0 spiro atoms. The summed E-state index contributed by atoms with van der Waals surface area (Å²) in [5.74, 6) is -0.529. The van der Waals surface area contributed by atoms with Crippen LogP contribution in [0.2, 0.25) is 0 Å². The summed E-state index contributed by atoms with van der Waals surface area (Å²) >= 11 is 1.48. The second-order valence-corrected chi connectivity index (χ2v) is 9.19. The number of hydrogen-bond donors (Lipinski definition) is 1. The number of hydrogen-bond acceptors (Lipinski definition) is 5. The molecule has 1 N–H and O–H groups in total. The van der Waals surface area contributed by atoms with E-state index in [1.54, 1.807) is 30.3 Å². The first-order valence-corrected chi connectivity index (χ1v) is 11.2. The summed E-state index contributed by atoms with van der Waals surface area (Å²) < 4.78 is 27.7. The van der Waals surface area contributed by atoms with Crippen LogP contribution in [0.15, 0.2) is 76.0 Å². The van der Waals surface area contributed by atoms with Crippen molar-refractivity contribution in [2.75, 3.05) is 10.8 Å². The lowest BCUT2D eigenvalue weighted by Crippen LogP contribution is -2.40. The molecule has 0 aliphatic heterocycles. The van der Waals surface area contributed by atoms with E-state index in [2.05, 4.69) is 10.5 Å². The summed E-state index contributed by atoms with van der Waals surface area (Å²) in [6.45, 7) is 3.35. The predicted molar refractivity (Wildman–Crippen MR) is 117 cm³/mol. The smallest absolute Gasteiger partial charge is 0.264 e. The second kappa shape index (κ2) is 9.02. The Labute approximate surface area is 174 Å². The van der Waals surface area contributed by atoms with Gasteiger partial charge in [-0.15, -0.1) is 11.3 Å². The third kappa shape index (κ3) is 4.90. The summed E-state index contributed by atoms with van der Waals surface area (Å²) in [4.78, 5) is 13.5. The van der Waals surface area contributed by atoms with Gasteiger partial charge in [0.25, 0.3) is 15.9 Å². The van der Waals surface area contributed by atoms with Gasteiger partial charge in [0, 0.05) is 4.88 Å². The Hall–Kier alpha value is -2.97. The number of carbonyl (C=O) groups is 1. The molecule has 6 nitrogen and oxygen atoms in total. The van der Waals surface area contributed by atoms with Crippen molar-refractivity contribution in [3.05, 3.63) is 82.0 Å². The fourth-order valence-corrected chi connectivity index (χ4v) is 4.81. The molecule has 0 bridgehead atoms. The minimum Gasteiger partial charge on any atom is -0.271 e. The molecule has 0 atom stereocenters. The van der Waals surface area contributed by atoms with E-state index in [0.29, 0.717) is 5.69 Å². The number of thiophene rings is 1. The van der Waals surface area contributed by atoms with Crippen molar-refractivity contribution in [2.24, 2.45) is 5.10 Å². The third-order valence-corrected chi connectivity index (χ3v) is 6.97. The average molecular weight is 428 g/mol. The quantitative estimate of drug-likeness (QED) is 0.461. The largest absolute Gasteiger partial charge is 0.271 e. The SMILES string of the molecule is Cc1cccc(N(CC(=O)N/N=C\c2cccs2)S(=O)(=O)c2ccccc2)c1C. The Kier molecular flexibility index (Phi) is 6.46. The Bertz CT molecular complexity index is 1110. The van der Waals surface area contributed by atoms with Crippen molar-refractivity contribution >= 4 is 39.2 Å². The van der Waals surface area contributed by atoms with Crippen LogP contribution in [0.25, 0.3) is 0 Å². The topological polar surface area (TPSA) is 78.8 Å². The Morgan fingerprint density at radius 1 is 1.07 bits per heavy atom. The Morgan fingerprint density at radius 3 is 2.52 bits per heavy atom. The maximum atomic E-state index is 13.3. The minimum atomic E-state index is -3.93. The number of aryl methyl sites for hydroxylation is 1. The molecular formula is C21H21N3O3S2. The highest BCUT2D eigenvalue weighted by Gasteiger charge is 2.28. The second-order valence-electron chi connectivity index (χ2n) is 6.35. The maximum Gasteiger partial charge on any atom is 0.264 e. The predicted octanol–water partition coefficient (Wildman–Crippen LogP) is 3.71. The molecule has 29 heavy (non-hydrogen) atoms. The Morgan fingerprint density at radius 2 is 1.83 bits per heavy atom. The van der Waals surface area contributed by atoms with E-state index in [-0.39, 0.29) is 11.4 Å². The number of hydrazone groups is 1. The normalized spacial score (nSPS) is 11.5. The standard InChI is InChI=1S/C21H21N3O3S2/c1-16-8-6-12-20(17(16)2)24(29(26,27)19-10-4-3-5-11-19)15-21(25)23-22-14-18-9-7-13-28-18/h3-14H,15H2,1-2H3,(H,23,25)/b22-14-. The van der Waals surface area contributed by atoms with Gasteiger partial charge in [0.2, 0.25) is 0 Å². The molecule has 1 amide bonds. The monoisotopic (exact) mass is 427 g/mol. The van der Waals surface area contributed by atoms with Crippen LogP contribution in [-0.4, -0.2) is 27.1 Å². The number of nitrogens with one attached hydrogen (secondary N) is 1. The number of rotatable bonds is 7. The van der Waals surface area contributed by atoms with Gasteiger partial charge in [0.15, 0.2) is 0 Å². The molecule has 0 unspecified atom stereocenters. The Balaban J connectivity index is 1.91. The number of anilines is 1. The number of nitrogens with zero attached hydrogens (tertiary/aromatic N) is 2. The van der Waals surface area contributed by atoms with Gasteiger partial charge < -0.3 is 0 Å². The van der Waals surface area contributed by atoms with E-state index in [0.717, 1.165) is 20.3 Å². The molecule has 0 aliphatic rings. The van der Waals surface area contributed by atoms with Gasteiger partial charge in [-0.25, -0.2) is 13.8 Å². The van der Waals surface area contributed by atoms with E-state index in [1.807, 2.05) is 37.4 Å². The number of benzene rings is 2. The molecule has 1 heterocycles. The highest BCUT2D eigenvalue weighted by atomic mass is 32.2. The van der Waals surface area contributed by atoms with Crippen LogP contribution in [-0.2, 0) is 14.8 Å². The fraction of sp³-hybridized carbons (Fsp3) is 0.143. The van der Waals surface area contributed by atoms with Crippen molar-refractivity contribution in [3.8, 4) is 0 Å². The maximum absolute atomic E-state index is 13.3. The lowest BCUT2D eigenvalue weighted by atomic mass is 10.1. The van der Waals surface area contributed by atoms with Gasteiger partial charge in [-0.3, -0.25) is 9.10 Å². The highest BCUT2D eigenvalue weighted by Crippen LogP contribution is 2.28. The molecular weight excluding hydrogens is 406 g/mol. The highest BCUT2D eigenvalue weighted by molar-refractivity contribution is 7.92. The van der Waals surface area contributed by atoms with Crippen molar-refractivity contribution in [1.29, 1.82) is 0 Å². The summed E-state index contributed by atoms with van der Waals surface area (Å²) in [6, 6.07) is 17.2. The number of sulfonamides is 1. The van der Waals surface area contributed by atoms with Crippen LogP contribution < -0.4 is 9.73 Å². The van der Waals surface area contributed by atoms with Crippen LogP contribution in [0.4, 0.5) is 5.69 Å². The number of amides is 1. The van der Waals surface area contributed by atoms with Crippen molar-refractivity contribution in [1.82, 2.24) is 5.43 Å². The van der Waals surface area contributed by atoms with Gasteiger partial charge in [-0.1, -0.05) is 36.4 Å². The van der Waals surface area contributed by atoms with E-state index in [1.165, 1.54) is 29.7 Å². The van der Waals surface area contributed by atoms with Crippen LogP contribution in [0, 0.1) is 13.8 Å². The van der Waals surface area contributed by atoms with Gasteiger partial charge in [0.05, 0.1) is 16.8 Å². The molecule has 2 aromatic carbocycles. The molecule has 0 saturated heterocycles. The zero-order valence-electron chi connectivity index (χ0n) is 16.1. The van der Waals surface area contributed by atoms with Crippen LogP contribution >= 0.6 is 11.3 Å². The van der Waals surface area contributed by atoms with Crippen LogP contribution in [0.5, 0.6) is 0 Å². The van der Waals surface area contributed by atoms with Crippen molar-refractivity contribution in [2.45, 2.75) is 18.7 Å². The molecule has 3 aromatic rings. The molecule has 3 rings (SSSR count).